The van der Waals surface area contributed by atoms with Crippen molar-refractivity contribution in [3.05, 3.63) is 23.9 Å². The van der Waals surface area contributed by atoms with E-state index < -0.39 is 5.97 Å². The Bertz CT molecular complexity index is 380. The summed E-state index contributed by atoms with van der Waals surface area (Å²) in [5.74, 6) is -0.125. The average Bonchev–Trinajstić information content (AvgIpc) is 2.29. The van der Waals surface area contributed by atoms with Gasteiger partial charge in [-0.2, -0.15) is 0 Å². The van der Waals surface area contributed by atoms with E-state index >= 15 is 0 Å². The molecule has 1 aromatic rings. The van der Waals surface area contributed by atoms with Gasteiger partial charge in [0.1, 0.15) is 0 Å². The van der Waals surface area contributed by atoms with Crippen LogP contribution in [0.5, 0.6) is 5.88 Å². The number of rotatable bonds is 8. The minimum absolute atomic E-state index is 0.0886. The first-order chi connectivity index (χ1) is 8.59. The lowest BCUT2D eigenvalue weighted by molar-refractivity contribution is -0.137. The average molecular weight is 252 g/mol. The molecule has 0 saturated carbocycles. The number of ether oxygens (including phenoxy) is 1. The van der Waals surface area contributed by atoms with Gasteiger partial charge in [0, 0.05) is 24.7 Å². The maximum atomic E-state index is 10.4. The Balaban J connectivity index is 2.39. The van der Waals surface area contributed by atoms with E-state index in [2.05, 4.69) is 10.3 Å². The molecule has 1 rings (SSSR count). The Kier molecular flexibility index (Phi) is 6.14. The van der Waals surface area contributed by atoms with Crippen LogP contribution in [0.1, 0.15) is 32.3 Å². The van der Waals surface area contributed by atoms with E-state index in [1.165, 1.54) is 0 Å². The van der Waals surface area contributed by atoms with Crippen LogP contribution in [-0.4, -0.2) is 28.7 Å². The van der Waals surface area contributed by atoms with Gasteiger partial charge in [-0.15, -0.1) is 0 Å². The number of nitrogens with zero attached hydrogens (tertiary/aromatic N) is 1. The fraction of sp³-hybridized carbons (Fsp3) is 0.538. The molecule has 0 aliphatic carbocycles. The minimum Gasteiger partial charge on any atom is -0.481 e. The third kappa shape index (κ3) is 5.63. The predicted octanol–water partition coefficient (Wildman–Crippen LogP) is 1.82. The van der Waals surface area contributed by atoms with E-state index in [9.17, 15) is 4.79 Å². The van der Waals surface area contributed by atoms with Crippen LogP contribution in [0.15, 0.2) is 18.3 Å². The van der Waals surface area contributed by atoms with Crippen LogP contribution >= 0.6 is 0 Å². The largest absolute Gasteiger partial charge is 0.481 e. The summed E-state index contributed by atoms with van der Waals surface area (Å²) in [4.78, 5) is 14.5. The van der Waals surface area contributed by atoms with Gasteiger partial charge in [0.15, 0.2) is 0 Å². The van der Waals surface area contributed by atoms with Crippen LogP contribution in [0, 0.1) is 0 Å². The molecule has 0 aromatic carbocycles. The smallest absolute Gasteiger partial charge is 0.303 e. The monoisotopic (exact) mass is 252 g/mol. The molecule has 0 radical (unpaired) electrons. The Labute approximate surface area is 107 Å². The van der Waals surface area contributed by atoms with Gasteiger partial charge in [-0.1, -0.05) is 6.07 Å². The molecule has 100 valence electrons. The summed E-state index contributed by atoms with van der Waals surface area (Å²) in [6, 6.07) is 3.82. The Morgan fingerprint density at radius 2 is 2.33 bits per heavy atom. The number of carbonyl (C=O) groups is 1. The first-order valence-electron chi connectivity index (χ1n) is 6.12. The number of carboxylic acids is 1. The van der Waals surface area contributed by atoms with Crippen molar-refractivity contribution >= 4 is 5.97 Å². The molecule has 5 heteroatoms. The lowest BCUT2D eigenvalue weighted by Gasteiger charge is -2.13. The number of carboxylic acid groups (broad SMARTS) is 1. The zero-order chi connectivity index (χ0) is 13.4. The quantitative estimate of drug-likeness (QED) is 0.691. The van der Waals surface area contributed by atoms with Crippen molar-refractivity contribution < 1.29 is 14.6 Å². The van der Waals surface area contributed by atoms with Crippen molar-refractivity contribution in [3.63, 3.8) is 0 Å². The number of hydrogen-bond acceptors (Lipinski definition) is 4. The fourth-order valence-electron chi connectivity index (χ4n) is 1.48. The minimum atomic E-state index is -0.762. The van der Waals surface area contributed by atoms with Crippen LogP contribution in [0.2, 0.25) is 0 Å². The van der Waals surface area contributed by atoms with Crippen molar-refractivity contribution in [1.29, 1.82) is 0 Å². The molecule has 0 unspecified atom stereocenters. The van der Waals surface area contributed by atoms with E-state index in [1.54, 1.807) is 6.20 Å². The summed E-state index contributed by atoms with van der Waals surface area (Å²) in [5.41, 5.74) is 0.988. The van der Waals surface area contributed by atoms with Crippen LogP contribution in [0.25, 0.3) is 0 Å². The molecule has 5 nitrogen and oxygen atoms in total. The Morgan fingerprint density at radius 1 is 1.56 bits per heavy atom. The topological polar surface area (TPSA) is 71.5 Å². The summed E-state index contributed by atoms with van der Waals surface area (Å²) in [6.07, 6.45) is 2.60. The van der Waals surface area contributed by atoms with Gasteiger partial charge in [0.25, 0.3) is 0 Å². The Morgan fingerprint density at radius 3 is 3.00 bits per heavy atom. The van der Waals surface area contributed by atoms with Gasteiger partial charge in [-0.25, -0.2) is 4.98 Å². The van der Waals surface area contributed by atoms with E-state index in [1.807, 2.05) is 26.0 Å². The summed E-state index contributed by atoms with van der Waals surface area (Å²) in [7, 11) is 0. The van der Waals surface area contributed by atoms with E-state index in [0.29, 0.717) is 25.4 Å². The molecule has 0 fully saturated rings. The second kappa shape index (κ2) is 7.66. The number of aliphatic carboxylic acids is 1. The van der Waals surface area contributed by atoms with Crippen molar-refractivity contribution in [2.75, 3.05) is 6.54 Å². The van der Waals surface area contributed by atoms with Gasteiger partial charge in [0.05, 0.1) is 6.10 Å². The number of nitrogens with one attached hydrogen (secondary N) is 1. The lowest BCUT2D eigenvalue weighted by atomic mass is 10.2. The first kappa shape index (κ1) is 14.4. The molecule has 2 N–H and O–H groups in total. The van der Waals surface area contributed by atoms with Gasteiger partial charge < -0.3 is 15.2 Å². The maximum absolute atomic E-state index is 10.4. The number of hydrogen-bond donors (Lipinski definition) is 2. The summed E-state index contributed by atoms with van der Waals surface area (Å²) < 4.78 is 5.60. The summed E-state index contributed by atoms with van der Waals surface area (Å²) in [5, 5.41) is 11.7. The molecular weight excluding hydrogens is 232 g/mol. The molecule has 0 spiro atoms. The van der Waals surface area contributed by atoms with Crippen LogP contribution in [0.4, 0.5) is 0 Å². The number of pyridine rings is 1. The van der Waals surface area contributed by atoms with Crippen LogP contribution in [0.3, 0.4) is 0 Å². The fourth-order valence-corrected chi connectivity index (χ4v) is 1.48. The van der Waals surface area contributed by atoms with E-state index in [-0.39, 0.29) is 12.5 Å². The van der Waals surface area contributed by atoms with Crippen molar-refractivity contribution in [2.24, 2.45) is 0 Å². The highest BCUT2D eigenvalue weighted by Gasteiger charge is 2.06. The second-order valence-electron chi connectivity index (χ2n) is 4.31. The molecule has 18 heavy (non-hydrogen) atoms. The molecule has 0 saturated heterocycles. The lowest BCUT2D eigenvalue weighted by Crippen LogP contribution is -2.17. The predicted molar refractivity (Wildman–Crippen MR) is 68.6 cm³/mol. The van der Waals surface area contributed by atoms with Gasteiger partial charge in [-0.05, 0) is 32.9 Å². The molecule has 0 aliphatic rings. The zero-order valence-electron chi connectivity index (χ0n) is 10.8. The van der Waals surface area contributed by atoms with Crippen molar-refractivity contribution in [1.82, 2.24) is 10.3 Å². The standard InChI is InChI=1S/C13H20N2O3/c1-10(2)18-13-11(5-3-8-15-13)9-14-7-4-6-12(16)17/h3,5,8,10,14H,4,6-7,9H2,1-2H3,(H,16,17). The van der Waals surface area contributed by atoms with Gasteiger partial charge in [0.2, 0.25) is 5.88 Å². The Hall–Kier alpha value is -1.62. The summed E-state index contributed by atoms with van der Waals surface area (Å²) in [6.45, 7) is 5.22. The summed E-state index contributed by atoms with van der Waals surface area (Å²) >= 11 is 0. The van der Waals surface area contributed by atoms with Crippen LogP contribution in [-0.2, 0) is 11.3 Å². The zero-order valence-corrected chi connectivity index (χ0v) is 10.8. The normalized spacial score (nSPS) is 10.6. The third-order valence-corrected chi connectivity index (χ3v) is 2.26. The maximum Gasteiger partial charge on any atom is 0.303 e. The third-order valence-electron chi connectivity index (χ3n) is 2.26. The molecule has 0 atom stereocenters. The van der Waals surface area contributed by atoms with Crippen LogP contribution < -0.4 is 10.1 Å². The molecule has 0 aliphatic heterocycles. The van der Waals surface area contributed by atoms with Gasteiger partial charge in [-0.3, -0.25) is 4.79 Å². The highest BCUT2D eigenvalue weighted by atomic mass is 16.5. The molecular formula is C13H20N2O3. The number of aromatic nitrogens is 1. The molecule has 0 bridgehead atoms. The highest BCUT2D eigenvalue weighted by Crippen LogP contribution is 2.15. The first-order valence-corrected chi connectivity index (χ1v) is 6.12. The van der Waals surface area contributed by atoms with Gasteiger partial charge >= 0.3 is 5.97 Å². The van der Waals surface area contributed by atoms with Crippen molar-refractivity contribution in [3.8, 4) is 5.88 Å². The second-order valence-corrected chi connectivity index (χ2v) is 4.31. The SMILES string of the molecule is CC(C)Oc1ncccc1CNCCCC(=O)O. The van der Waals surface area contributed by atoms with Crippen molar-refractivity contribution in [2.45, 2.75) is 39.3 Å². The van der Waals surface area contributed by atoms with E-state index in [0.717, 1.165) is 5.56 Å². The molecule has 1 aromatic heterocycles. The molecule has 0 amide bonds. The van der Waals surface area contributed by atoms with E-state index in [4.69, 9.17) is 9.84 Å². The highest BCUT2D eigenvalue weighted by molar-refractivity contribution is 5.66. The molecule has 1 heterocycles.